The number of nitrogens with zero attached hydrogens (tertiary/aromatic N) is 3. The average molecular weight is 479 g/mol. The van der Waals surface area contributed by atoms with Crippen molar-refractivity contribution in [1.82, 2.24) is 9.13 Å². The summed E-state index contributed by atoms with van der Waals surface area (Å²) in [5.41, 5.74) is 3.82. The Hall–Kier alpha value is -3.85. The van der Waals surface area contributed by atoms with Crippen molar-refractivity contribution in [2.75, 3.05) is 16.2 Å². The average Bonchev–Trinajstić information content (AvgIpc) is 3.03. The fourth-order valence-corrected chi connectivity index (χ4v) is 5.44. The van der Waals surface area contributed by atoms with E-state index in [2.05, 4.69) is 5.32 Å². The molecular formula is C25H26N4O4S. The van der Waals surface area contributed by atoms with Gasteiger partial charge in [-0.05, 0) is 61.4 Å². The van der Waals surface area contributed by atoms with E-state index in [1.807, 2.05) is 19.9 Å². The second-order valence-electron chi connectivity index (χ2n) is 8.20. The van der Waals surface area contributed by atoms with Crippen LogP contribution in [-0.2, 0) is 28.9 Å². The minimum absolute atomic E-state index is 0.101. The quantitative estimate of drug-likeness (QED) is 0.460. The van der Waals surface area contributed by atoms with Gasteiger partial charge in [0.25, 0.3) is 10.0 Å². The van der Waals surface area contributed by atoms with Crippen LogP contribution in [0.1, 0.15) is 11.1 Å². The molecule has 1 N–H and O–H groups in total. The van der Waals surface area contributed by atoms with Crippen molar-refractivity contribution in [2.45, 2.75) is 18.7 Å². The Kier molecular flexibility index (Phi) is 6.05. The van der Waals surface area contributed by atoms with E-state index in [0.717, 1.165) is 20.9 Å². The third-order valence-corrected chi connectivity index (χ3v) is 7.79. The van der Waals surface area contributed by atoms with Crippen molar-refractivity contribution in [1.29, 1.82) is 0 Å². The number of aryl methyl sites for hydroxylation is 3. The van der Waals surface area contributed by atoms with E-state index < -0.39 is 22.5 Å². The highest BCUT2D eigenvalue weighted by Crippen LogP contribution is 2.28. The smallest absolute Gasteiger partial charge is 0.324 e. The second kappa shape index (κ2) is 8.83. The largest absolute Gasteiger partial charge is 0.328 e. The molecule has 1 aromatic heterocycles. The first-order valence-electron chi connectivity index (χ1n) is 10.7. The van der Waals surface area contributed by atoms with E-state index in [9.17, 15) is 18.0 Å². The summed E-state index contributed by atoms with van der Waals surface area (Å²) in [6.07, 6.45) is 0. The van der Waals surface area contributed by atoms with E-state index in [0.29, 0.717) is 16.9 Å². The summed E-state index contributed by atoms with van der Waals surface area (Å²) in [6, 6.07) is 18.5. The molecule has 1 heterocycles. The molecule has 0 fully saturated rings. The Bertz CT molecular complexity index is 1550. The molecule has 0 saturated carbocycles. The molecule has 0 saturated heterocycles. The summed E-state index contributed by atoms with van der Waals surface area (Å²) in [5, 5.41) is 2.78. The van der Waals surface area contributed by atoms with Gasteiger partial charge in [0.05, 0.1) is 21.6 Å². The van der Waals surface area contributed by atoms with Gasteiger partial charge in [0.2, 0.25) is 5.91 Å². The van der Waals surface area contributed by atoms with E-state index >= 15 is 0 Å². The van der Waals surface area contributed by atoms with Crippen LogP contribution in [-0.4, -0.2) is 30.0 Å². The minimum atomic E-state index is -4.00. The number of nitrogens with one attached hydrogen (secondary N) is 1. The van der Waals surface area contributed by atoms with E-state index in [-0.39, 0.29) is 10.6 Å². The van der Waals surface area contributed by atoms with Crippen molar-refractivity contribution in [2.24, 2.45) is 14.1 Å². The molecule has 34 heavy (non-hydrogen) atoms. The molecule has 0 spiro atoms. The van der Waals surface area contributed by atoms with Gasteiger partial charge in [0.15, 0.2) is 0 Å². The molecule has 0 unspecified atom stereocenters. The van der Waals surface area contributed by atoms with E-state index in [1.165, 1.54) is 21.3 Å². The van der Waals surface area contributed by atoms with Crippen LogP contribution in [0.4, 0.5) is 11.4 Å². The third kappa shape index (κ3) is 4.10. The molecule has 9 heteroatoms. The van der Waals surface area contributed by atoms with Gasteiger partial charge >= 0.3 is 5.69 Å². The van der Waals surface area contributed by atoms with Gasteiger partial charge in [-0.2, -0.15) is 0 Å². The van der Waals surface area contributed by atoms with Crippen LogP contribution in [0.3, 0.4) is 0 Å². The number of carbonyl (C=O) groups excluding carboxylic acids is 1. The normalized spacial score (nSPS) is 11.5. The summed E-state index contributed by atoms with van der Waals surface area (Å²) >= 11 is 0. The zero-order chi connectivity index (χ0) is 24.6. The van der Waals surface area contributed by atoms with Gasteiger partial charge in [-0.25, -0.2) is 13.2 Å². The van der Waals surface area contributed by atoms with Gasteiger partial charge < -0.3 is 5.32 Å². The number of benzene rings is 3. The van der Waals surface area contributed by atoms with Gasteiger partial charge in [-0.15, -0.1) is 0 Å². The number of hydrogen-bond donors (Lipinski definition) is 1. The van der Waals surface area contributed by atoms with Crippen LogP contribution < -0.4 is 15.3 Å². The van der Waals surface area contributed by atoms with Gasteiger partial charge in [0.1, 0.15) is 6.54 Å². The highest BCUT2D eigenvalue weighted by molar-refractivity contribution is 7.92. The predicted molar refractivity (Wildman–Crippen MR) is 134 cm³/mol. The zero-order valence-electron chi connectivity index (χ0n) is 19.4. The van der Waals surface area contributed by atoms with Crippen LogP contribution in [0.2, 0.25) is 0 Å². The zero-order valence-corrected chi connectivity index (χ0v) is 20.3. The van der Waals surface area contributed by atoms with Crippen molar-refractivity contribution in [3.8, 4) is 0 Å². The summed E-state index contributed by atoms with van der Waals surface area (Å²) in [5.74, 6) is -0.499. The van der Waals surface area contributed by atoms with Crippen molar-refractivity contribution in [3.05, 3.63) is 88.3 Å². The van der Waals surface area contributed by atoms with E-state index in [1.54, 1.807) is 62.6 Å². The Morgan fingerprint density at radius 3 is 2.29 bits per heavy atom. The van der Waals surface area contributed by atoms with Crippen LogP contribution in [0.5, 0.6) is 0 Å². The first-order chi connectivity index (χ1) is 16.1. The van der Waals surface area contributed by atoms with Crippen LogP contribution in [0, 0.1) is 13.8 Å². The molecule has 0 aliphatic carbocycles. The lowest BCUT2D eigenvalue weighted by Crippen LogP contribution is -2.38. The number of fused-ring (bicyclic) bond motifs is 1. The van der Waals surface area contributed by atoms with Gasteiger partial charge in [0, 0.05) is 19.8 Å². The summed E-state index contributed by atoms with van der Waals surface area (Å²) in [7, 11) is -0.663. The van der Waals surface area contributed by atoms with Crippen molar-refractivity contribution >= 4 is 38.3 Å². The Morgan fingerprint density at radius 1 is 0.912 bits per heavy atom. The number of amides is 1. The fraction of sp³-hybridized carbons (Fsp3) is 0.200. The summed E-state index contributed by atoms with van der Waals surface area (Å²) in [6.45, 7) is 3.32. The maximum absolute atomic E-state index is 13.5. The molecule has 4 rings (SSSR count). The predicted octanol–water partition coefficient (Wildman–Crippen LogP) is 3.33. The lowest BCUT2D eigenvalue weighted by atomic mass is 10.1. The maximum Gasteiger partial charge on any atom is 0.328 e. The SMILES string of the molecule is Cc1cccc(N(CC(=O)Nc2ccc3c(c2)n(C)c(=O)n3C)S(=O)(=O)c2ccccc2)c1C. The Balaban J connectivity index is 1.70. The number of sulfonamides is 1. The Labute approximate surface area is 198 Å². The monoisotopic (exact) mass is 478 g/mol. The number of rotatable bonds is 6. The number of anilines is 2. The molecule has 3 aromatic carbocycles. The minimum Gasteiger partial charge on any atom is -0.324 e. The van der Waals surface area contributed by atoms with Crippen molar-refractivity contribution < 1.29 is 13.2 Å². The topological polar surface area (TPSA) is 93.4 Å². The lowest BCUT2D eigenvalue weighted by molar-refractivity contribution is -0.114. The molecule has 0 aliphatic heterocycles. The standard InChI is InChI=1S/C25H26N4O4S/c1-17-9-8-12-21(18(17)2)29(34(32,33)20-10-6-5-7-11-20)16-24(30)26-19-13-14-22-23(15-19)28(4)25(31)27(22)3/h5-15H,16H2,1-4H3,(H,26,30). The summed E-state index contributed by atoms with van der Waals surface area (Å²) < 4.78 is 31.3. The molecule has 8 nitrogen and oxygen atoms in total. The van der Waals surface area contributed by atoms with Gasteiger partial charge in [-0.1, -0.05) is 30.3 Å². The molecule has 0 aliphatic rings. The molecule has 0 atom stereocenters. The molecule has 0 radical (unpaired) electrons. The number of imidazole rings is 1. The third-order valence-electron chi connectivity index (χ3n) is 6.02. The Morgan fingerprint density at radius 2 is 1.59 bits per heavy atom. The van der Waals surface area contributed by atoms with Crippen molar-refractivity contribution in [3.63, 3.8) is 0 Å². The molecule has 0 bridgehead atoms. The number of carbonyl (C=O) groups is 1. The molecule has 1 amide bonds. The second-order valence-corrected chi connectivity index (χ2v) is 10.1. The van der Waals surface area contributed by atoms with Crippen LogP contribution >= 0.6 is 0 Å². The number of aromatic nitrogens is 2. The van der Waals surface area contributed by atoms with E-state index in [4.69, 9.17) is 0 Å². The molecule has 4 aromatic rings. The number of hydrogen-bond acceptors (Lipinski definition) is 4. The maximum atomic E-state index is 13.5. The lowest BCUT2D eigenvalue weighted by Gasteiger charge is -2.26. The van der Waals surface area contributed by atoms with Crippen LogP contribution in [0.25, 0.3) is 11.0 Å². The first kappa shape index (κ1) is 23.3. The van der Waals surface area contributed by atoms with Gasteiger partial charge in [-0.3, -0.25) is 18.2 Å². The highest BCUT2D eigenvalue weighted by Gasteiger charge is 2.28. The first-order valence-corrected chi connectivity index (χ1v) is 12.1. The fourth-order valence-electron chi connectivity index (χ4n) is 3.94. The highest BCUT2D eigenvalue weighted by atomic mass is 32.2. The van der Waals surface area contributed by atoms with Crippen LogP contribution in [0.15, 0.2) is 76.4 Å². The summed E-state index contributed by atoms with van der Waals surface area (Å²) in [4.78, 5) is 25.4. The molecule has 176 valence electrons. The molecular weight excluding hydrogens is 452 g/mol.